The van der Waals surface area contributed by atoms with Gasteiger partial charge in [-0.25, -0.2) is 4.39 Å². The molecule has 0 saturated heterocycles. The summed E-state index contributed by atoms with van der Waals surface area (Å²) >= 11 is 0. The van der Waals surface area contributed by atoms with Gasteiger partial charge >= 0.3 is 0 Å². The van der Waals surface area contributed by atoms with Crippen molar-refractivity contribution in [3.63, 3.8) is 0 Å². The first-order valence-corrected chi connectivity index (χ1v) is 11.7. The van der Waals surface area contributed by atoms with Crippen molar-refractivity contribution in [2.75, 3.05) is 13.6 Å². The number of nitrogens with one attached hydrogen (secondary N) is 1. The van der Waals surface area contributed by atoms with Crippen molar-refractivity contribution in [3.05, 3.63) is 121 Å². The first kappa shape index (κ1) is 22.8. The zero-order chi connectivity index (χ0) is 24.2. The van der Waals surface area contributed by atoms with E-state index in [0.717, 1.165) is 33.5 Å². The van der Waals surface area contributed by atoms with Crippen LogP contribution in [0.1, 0.15) is 11.6 Å². The van der Waals surface area contributed by atoms with Crippen molar-refractivity contribution < 1.29 is 14.2 Å². The lowest BCUT2D eigenvalue weighted by Crippen LogP contribution is -2.33. The van der Waals surface area contributed by atoms with Gasteiger partial charge in [0.1, 0.15) is 17.3 Å². The zero-order valence-corrected chi connectivity index (χ0v) is 19.4. The summed E-state index contributed by atoms with van der Waals surface area (Å²) in [5.74, 6) is 1.16. The second kappa shape index (κ2) is 10.1. The predicted octanol–water partition coefficient (Wildman–Crippen LogP) is 6.41. The van der Waals surface area contributed by atoms with Crippen LogP contribution in [0.5, 0.6) is 11.5 Å². The lowest BCUT2D eigenvalue weighted by Gasteiger charge is -2.26. The molecule has 0 saturated carbocycles. The Kier molecular flexibility index (Phi) is 6.62. The van der Waals surface area contributed by atoms with E-state index in [0.29, 0.717) is 12.1 Å². The second-order valence-electron chi connectivity index (χ2n) is 8.50. The lowest BCUT2D eigenvalue weighted by atomic mass is 10.0. The minimum Gasteiger partial charge on any atom is -0.457 e. The van der Waals surface area contributed by atoms with E-state index in [4.69, 9.17) is 4.74 Å². The Balaban J connectivity index is 1.68. The van der Waals surface area contributed by atoms with Crippen molar-refractivity contribution >= 4 is 10.9 Å². The summed E-state index contributed by atoms with van der Waals surface area (Å²) in [6.07, 6.45) is 1.26. The maximum absolute atomic E-state index is 14.2. The fraction of sp³-hybridized carbons (Fsp3) is 0.133. The standard InChI is InChI=1S/C30H27FN2O2/c1-32-19-28(34)30(21-10-9-11-22(31)18-21)33-20-26(24-14-5-7-16-27(24)33)25-15-6-8-17-29(25)35-23-12-3-2-4-13-23/h2-18,20,28,30,32,34H,19H2,1H3/t28-,30+/m1/s1. The lowest BCUT2D eigenvalue weighted by molar-refractivity contribution is 0.132. The molecule has 5 heteroatoms. The molecule has 0 amide bonds. The number of rotatable bonds is 8. The molecule has 0 aliphatic carbocycles. The minimum atomic E-state index is -0.777. The van der Waals surface area contributed by atoms with Gasteiger partial charge in [-0.2, -0.15) is 0 Å². The Hall–Kier alpha value is -3.93. The van der Waals surface area contributed by atoms with Crippen LogP contribution in [0.15, 0.2) is 109 Å². The SMILES string of the molecule is CNC[C@@H](O)[C@H](c1cccc(F)c1)n1cc(-c2ccccc2Oc2ccccc2)c2ccccc21. The molecule has 5 rings (SSSR count). The molecule has 0 bridgehead atoms. The van der Waals surface area contributed by atoms with E-state index in [9.17, 15) is 9.50 Å². The third-order valence-electron chi connectivity index (χ3n) is 6.16. The Bertz CT molecular complexity index is 1430. The Labute approximate surface area is 204 Å². The smallest absolute Gasteiger partial charge is 0.135 e. The van der Waals surface area contributed by atoms with E-state index in [2.05, 4.69) is 11.4 Å². The monoisotopic (exact) mass is 466 g/mol. The fourth-order valence-corrected chi connectivity index (χ4v) is 4.62. The van der Waals surface area contributed by atoms with Gasteiger partial charge in [-0.15, -0.1) is 0 Å². The minimum absolute atomic E-state index is 0.331. The Morgan fingerprint density at radius 1 is 0.857 bits per heavy atom. The highest BCUT2D eigenvalue weighted by atomic mass is 19.1. The topological polar surface area (TPSA) is 46.4 Å². The number of nitrogens with zero attached hydrogens (tertiary/aromatic N) is 1. The van der Waals surface area contributed by atoms with Gasteiger partial charge in [0.25, 0.3) is 0 Å². The molecule has 1 aromatic heterocycles. The first-order valence-electron chi connectivity index (χ1n) is 11.7. The number of para-hydroxylation sites is 3. The summed E-state index contributed by atoms with van der Waals surface area (Å²) in [6, 6.07) is 31.6. The highest BCUT2D eigenvalue weighted by molar-refractivity contribution is 5.97. The van der Waals surface area contributed by atoms with E-state index in [1.807, 2.05) is 89.6 Å². The summed E-state index contributed by atoms with van der Waals surface area (Å²) in [6.45, 7) is 0.358. The van der Waals surface area contributed by atoms with Crippen molar-refractivity contribution in [1.29, 1.82) is 0 Å². The van der Waals surface area contributed by atoms with E-state index in [-0.39, 0.29) is 5.82 Å². The maximum Gasteiger partial charge on any atom is 0.135 e. The predicted molar refractivity (Wildman–Crippen MR) is 138 cm³/mol. The average Bonchev–Trinajstić information content (AvgIpc) is 3.25. The molecule has 2 atom stereocenters. The van der Waals surface area contributed by atoms with Crippen molar-refractivity contribution in [3.8, 4) is 22.6 Å². The van der Waals surface area contributed by atoms with E-state index in [1.165, 1.54) is 12.1 Å². The summed E-state index contributed by atoms with van der Waals surface area (Å²) in [5.41, 5.74) is 3.56. The molecule has 4 nitrogen and oxygen atoms in total. The van der Waals surface area contributed by atoms with Gasteiger partial charge in [0.15, 0.2) is 0 Å². The molecule has 1 heterocycles. The normalized spacial score (nSPS) is 13.0. The third kappa shape index (κ3) is 4.69. The summed E-state index contributed by atoms with van der Waals surface area (Å²) < 4.78 is 22.5. The Morgan fingerprint density at radius 3 is 2.40 bits per heavy atom. The molecular formula is C30H27FN2O2. The molecule has 0 radical (unpaired) electrons. The van der Waals surface area contributed by atoms with Gasteiger partial charge in [-0.1, -0.05) is 66.7 Å². The summed E-state index contributed by atoms with van der Waals surface area (Å²) in [4.78, 5) is 0. The second-order valence-corrected chi connectivity index (χ2v) is 8.50. The van der Waals surface area contributed by atoms with Crippen LogP contribution in [0.2, 0.25) is 0 Å². The largest absolute Gasteiger partial charge is 0.457 e. The first-order chi connectivity index (χ1) is 17.2. The number of aliphatic hydroxyl groups excluding tert-OH is 1. The fourth-order valence-electron chi connectivity index (χ4n) is 4.62. The number of hydrogen-bond acceptors (Lipinski definition) is 3. The molecule has 0 aliphatic rings. The van der Waals surface area contributed by atoms with E-state index in [1.54, 1.807) is 13.1 Å². The van der Waals surface area contributed by atoms with E-state index >= 15 is 0 Å². The molecule has 0 fully saturated rings. The van der Waals surface area contributed by atoms with Crippen LogP contribution in [-0.4, -0.2) is 29.4 Å². The number of ether oxygens (including phenoxy) is 1. The van der Waals surface area contributed by atoms with Crippen LogP contribution in [0.4, 0.5) is 4.39 Å². The number of halogens is 1. The number of fused-ring (bicyclic) bond motifs is 1. The van der Waals surface area contributed by atoms with Gasteiger partial charge in [0.05, 0.1) is 12.1 Å². The van der Waals surface area contributed by atoms with Crippen LogP contribution >= 0.6 is 0 Å². The van der Waals surface area contributed by atoms with Gasteiger partial charge in [-0.3, -0.25) is 0 Å². The molecule has 176 valence electrons. The highest BCUT2D eigenvalue weighted by Crippen LogP contribution is 2.40. The summed E-state index contributed by atoms with van der Waals surface area (Å²) in [7, 11) is 1.79. The molecule has 0 aliphatic heterocycles. The number of aromatic nitrogens is 1. The van der Waals surface area contributed by atoms with Crippen LogP contribution < -0.4 is 10.1 Å². The number of likely N-dealkylation sites (N-methyl/N-ethyl adjacent to an activating group) is 1. The number of aliphatic hydroxyl groups is 1. The van der Waals surface area contributed by atoms with Crippen LogP contribution in [0.3, 0.4) is 0 Å². The third-order valence-corrected chi connectivity index (χ3v) is 6.16. The van der Waals surface area contributed by atoms with E-state index < -0.39 is 12.1 Å². The Morgan fingerprint density at radius 2 is 1.60 bits per heavy atom. The van der Waals surface area contributed by atoms with Crippen LogP contribution in [-0.2, 0) is 0 Å². The summed E-state index contributed by atoms with van der Waals surface area (Å²) in [5, 5.41) is 15.2. The van der Waals surface area contributed by atoms with Gasteiger partial charge in [-0.05, 0) is 49.0 Å². The molecule has 0 unspecified atom stereocenters. The molecular weight excluding hydrogens is 439 g/mol. The molecule has 0 spiro atoms. The molecule has 2 N–H and O–H groups in total. The van der Waals surface area contributed by atoms with Gasteiger partial charge in [0, 0.05) is 34.8 Å². The van der Waals surface area contributed by atoms with Crippen molar-refractivity contribution in [2.45, 2.75) is 12.1 Å². The van der Waals surface area contributed by atoms with Crippen molar-refractivity contribution in [1.82, 2.24) is 9.88 Å². The van der Waals surface area contributed by atoms with Gasteiger partial charge < -0.3 is 19.7 Å². The quantitative estimate of drug-likeness (QED) is 0.278. The van der Waals surface area contributed by atoms with Gasteiger partial charge in [0.2, 0.25) is 0 Å². The maximum atomic E-state index is 14.2. The highest BCUT2D eigenvalue weighted by Gasteiger charge is 2.26. The number of hydrogen-bond donors (Lipinski definition) is 2. The van der Waals surface area contributed by atoms with Crippen molar-refractivity contribution in [2.24, 2.45) is 0 Å². The van der Waals surface area contributed by atoms with Crippen LogP contribution in [0, 0.1) is 5.82 Å². The molecule has 35 heavy (non-hydrogen) atoms. The van der Waals surface area contributed by atoms with Crippen LogP contribution in [0.25, 0.3) is 22.0 Å². The zero-order valence-electron chi connectivity index (χ0n) is 19.4. The average molecular weight is 467 g/mol. The molecule has 4 aromatic carbocycles. The molecule has 5 aromatic rings. The number of benzene rings is 4.